The van der Waals surface area contributed by atoms with Crippen molar-refractivity contribution in [3.05, 3.63) is 47.5 Å². The molecule has 2 unspecified atom stereocenters. The second kappa shape index (κ2) is 11.1. The lowest BCUT2D eigenvalue weighted by molar-refractivity contribution is 0.173. The van der Waals surface area contributed by atoms with Gasteiger partial charge in [-0.25, -0.2) is 0 Å². The summed E-state index contributed by atoms with van der Waals surface area (Å²) in [6, 6.07) is -1.75. The minimum atomic E-state index is -3.59. The molecule has 2 aliphatic heterocycles. The molecule has 6 nitrogen and oxygen atoms in total. The maximum atomic E-state index is 8.19. The van der Waals surface area contributed by atoms with E-state index in [-0.39, 0.29) is 18.4 Å². The van der Waals surface area contributed by atoms with E-state index in [4.69, 9.17) is 40.3 Å². The third-order valence-electron chi connectivity index (χ3n) is 3.51. The number of benzene rings is 2. The first kappa shape index (κ1) is 8.17. The Balaban J connectivity index is 0.000000349. The molecule has 0 amide bonds. The van der Waals surface area contributed by atoms with Gasteiger partial charge in [0.2, 0.25) is 13.5 Å². The fourth-order valence-electron chi connectivity index (χ4n) is 2.20. The summed E-state index contributed by atoms with van der Waals surface area (Å²) in [7, 11) is 0. The van der Waals surface area contributed by atoms with Crippen molar-refractivity contribution in [2.24, 2.45) is 0 Å². The second-order valence-corrected chi connectivity index (χ2v) is 5.64. The molecular formula is C22H31ClN2O4. The Morgan fingerprint density at radius 2 is 1.83 bits per heavy atom. The van der Waals surface area contributed by atoms with Crippen LogP contribution in [0.3, 0.4) is 0 Å². The van der Waals surface area contributed by atoms with Crippen LogP contribution in [0.25, 0.3) is 0 Å². The quantitative estimate of drug-likeness (QED) is 0.714. The van der Waals surface area contributed by atoms with Crippen LogP contribution in [0.4, 0.5) is 0 Å². The van der Waals surface area contributed by atoms with Crippen LogP contribution in [0, 0.1) is 0 Å². The number of ether oxygens (including phenoxy) is 4. The predicted molar refractivity (Wildman–Crippen MR) is 117 cm³/mol. The largest absolute Gasteiger partial charge is 0.454 e. The molecule has 2 atom stereocenters. The minimum absolute atomic E-state index is 0. The zero-order valence-corrected chi connectivity index (χ0v) is 15.9. The van der Waals surface area contributed by atoms with Crippen molar-refractivity contribution in [1.29, 1.82) is 0 Å². The van der Waals surface area contributed by atoms with Crippen molar-refractivity contribution in [2.75, 3.05) is 27.4 Å². The van der Waals surface area contributed by atoms with Gasteiger partial charge in [0, 0.05) is 28.5 Å². The first-order valence-electron chi connectivity index (χ1n) is 17.5. The number of likely N-dealkylation sites (N-methyl/N-ethyl adjacent to an activating group) is 2. The zero-order valence-electron chi connectivity index (χ0n) is 34.1. The number of nitrogens with one attached hydrogen (secondary N) is 2. The van der Waals surface area contributed by atoms with Gasteiger partial charge in [-0.2, -0.15) is 0 Å². The van der Waals surface area contributed by atoms with Gasteiger partial charge in [0.25, 0.3) is 0 Å². The predicted octanol–water partition coefficient (Wildman–Crippen LogP) is 3.55. The van der Waals surface area contributed by atoms with E-state index in [1.807, 2.05) is 0 Å². The summed E-state index contributed by atoms with van der Waals surface area (Å²) in [5.41, 5.74) is -0.273. The summed E-state index contributed by atoms with van der Waals surface area (Å²) in [6.07, 6.45) is -3.03. The van der Waals surface area contributed by atoms with Gasteiger partial charge < -0.3 is 29.6 Å². The van der Waals surface area contributed by atoms with Crippen LogP contribution in [0.15, 0.2) is 36.3 Å². The molecule has 4 rings (SSSR count). The molecular weight excluding hydrogens is 392 g/mol. The molecule has 7 heteroatoms. The first-order chi connectivity index (χ1) is 20.9. The fraction of sp³-hybridized carbons (Fsp3) is 0.455. The van der Waals surface area contributed by atoms with Crippen LogP contribution in [-0.4, -0.2) is 39.5 Å². The van der Waals surface area contributed by atoms with Crippen molar-refractivity contribution >= 4 is 12.4 Å². The van der Waals surface area contributed by atoms with Crippen molar-refractivity contribution in [3.63, 3.8) is 0 Å². The summed E-state index contributed by atoms with van der Waals surface area (Å²) >= 11 is 0. The monoisotopic (exact) mass is 441 g/mol. The van der Waals surface area contributed by atoms with Crippen molar-refractivity contribution in [3.8, 4) is 23.0 Å². The lowest BCUT2D eigenvalue weighted by Crippen LogP contribution is -2.23. The van der Waals surface area contributed by atoms with Gasteiger partial charge in [-0.1, -0.05) is 12.1 Å². The lowest BCUT2D eigenvalue weighted by Gasteiger charge is -2.10. The van der Waals surface area contributed by atoms with Crippen LogP contribution < -0.4 is 29.6 Å². The highest BCUT2D eigenvalue weighted by atomic mass is 35.5. The first-order valence-corrected chi connectivity index (χ1v) is 8.00. The second-order valence-electron chi connectivity index (χ2n) is 5.64. The maximum absolute atomic E-state index is 8.19. The molecule has 2 aromatic carbocycles. The van der Waals surface area contributed by atoms with E-state index in [9.17, 15) is 0 Å². The summed E-state index contributed by atoms with van der Waals surface area (Å²) in [4.78, 5) is 0. The van der Waals surface area contributed by atoms with E-state index in [0.717, 1.165) is 5.56 Å². The third kappa shape index (κ3) is 6.42. The number of fused-ring (bicyclic) bond motifs is 2. The highest BCUT2D eigenvalue weighted by Gasteiger charge is 2.14. The van der Waals surface area contributed by atoms with Crippen LogP contribution >= 0.6 is 12.4 Å². The van der Waals surface area contributed by atoms with E-state index in [1.54, 1.807) is 25.1 Å². The summed E-state index contributed by atoms with van der Waals surface area (Å²) in [6.45, 7) is -12.2. The SMILES string of the molecule is Cl.[2H]C([2H])([2H])NC(C)Cc1ccc2c(c1)OC([2H])([2H])O2.[2H]c1c([2H])c(C([2H])([2H])C([2H])(NC([2H])([2H])[2H])C([2H])([2H])[2H])c([2H])c2c1OC([2H])([2H])O2. The van der Waals surface area contributed by atoms with E-state index in [0.29, 0.717) is 17.9 Å². The Hall–Kier alpha value is -2.15. The molecule has 0 radical (unpaired) electrons. The summed E-state index contributed by atoms with van der Waals surface area (Å²) in [5, 5.41) is 3.93. The average molecular weight is 442 g/mol. The third-order valence-corrected chi connectivity index (χ3v) is 3.51. The minimum Gasteiger partial charge on any atom is -0.454 e. The van der Waals surface area contributed by atoms with Crippen molar-refractivity contribution < 1.29 is 45.0 Å². The molecule has 2 heterocycles. The smallest absolute Gasteiger partial charge is 0.231 e. The standard InChI is InChI=1S/2C11H15NO2.ClH/c2*1-8(12-2)5-9-3-4-10-11(6-9)14-7-13-10;/h2*3-4,6,8,12H,5,7H2,1-2H3;1H/i1D3,2D3,3D,4D,5D2,6D,7D2,8D;2D3,7D2;. The topological polar surface area (TPSA) is 61.0 Å². The molecule has 0 saturated heterocycles. The van der Waals surface area contributed by atoms with Crippen LogP contribution in [0.2, 0.25) is 0 Å². The Kier molecular flexibility index (Phi) is 3.14. The molecule has 2 aromatic rings. The normalized spacial score (nSPS) is 31.0. The maximum Gasteiger partial charge on any atom is 0.231 e. The summed E-state index contributed by atoms with van der Waals surface area (Å²) < 4.78 is 163. The highest BCUT2D eigenvalue weighted by Crippen LogP contribution is 2.33. The van der Waals surface area contributed by atoms with Gasteiger partial charge >= 0.3 is 0 Å². The van der Waals surface area contributed by atoms with Gasteiger partial charge in [0.15, 0.2) is 23.0 Å². The fourth-order valence-corrected chi connectivity index (χ4v) is 2.20. The molecule has 29 heavy (non-hydrogen) atoms. The number of hydrogen-bond acceptors (Lipinski definition) is 6. The number of hydrogen-bond donors (Lipinski definition) is 2. The van der Waals surface area contributed by atoms with E-state index >= 15 is 0 Å². The zero-order chi connectivity index (χ0) is 36.3. The van der Waals surface area contributed by atoms with Crippen LogP contribution in [0.5, 0.6) is 23.0 Å². The van der Waals surface area contributed by atoms with E-state index < -0.39 is 81.9 Å². The van der Waals surface area contributed by atoms with Crippen molar-refractivity contribution in [2.45, 2.75) is 38.6 Å². The Morgan fingerprint density at radius 1 is 1.07 bits per heavy atom. The van der Waals surface area contributed by atoms with E-state index in [2.05, 4.69) is 10.1 Å². The van der Waals surface area contributed by atoms with Gasteiger partial charge in [0.1, 0.15) is 5.48 Å². The molecule has 0 bridgehead atoms. The molecule has 0 aromatic heterocycles. The molecule has 0 spiro atoms. The van der Waals surface area contributed by atoms with Crippen LogP contribution in [0.1, 0.15) is 50.9 Å². The average Bonchev–Trinajstić information content (AvgIpc) is 3.33. The molecule has 0 fully saturated rings. The van der Waals surface area contributed by atoms with Gasteiger partial charge in [-0.15, -0.1) is 12.4 Å². The molecule has 2 N–H and O–H groups in total. The van der Waals surface area contributed by atoms with Gasteiger partial charge in [-0.05, 0) is 75.9 Å². The van der Waals surface area contributed by atoms with Gasteiger partial charge in [-0.3, -0.25) is 0 Å². The Labute approximate surface area is 206 Å². The summed E-state index contributed by atoms with van der Waals surface area (Å²) in [5.74, 6) is -0.729. The highest BCUT2D eigenvalue weighted by molar-refractivity contribution is 5.85. The molecule has 0 aliphatic carbocycles. The van der Waals surface area contributed by atoms with E-state index in [1.165, 1.54) is 5.32 Å². The van der Waals surface area contributed by atoms with Crippen molar-refractivity contribution in [1.82, 2.24) is 10.6 Å². The molecule has 160 valence electrons. The molecule has 2 aliphatic rings. The number of halogens is 1. The Bertz CT molecular complexity index is 1500. The molecule has 0 saturated carbocycles. The Morgan fingerprint density at radius 3 is 2.62 bits per heavy atom. The van der Waals surface area contributed by atoms with Gasteiger partial charge in [0.05, 0.1) is 4.11 Å². The number of rotatable bonds is 6. The van der Waals surface area contributed by atoms with Crippen LogP contribution in [-0.2, 0) is 12.8 Å². The lowest BCUT2D eigenvalue weighted by atomic mass is 10.1.